The number of nitrogens with one attached hydrogen (secondary N) is 1. The lowest BCUT2D eigenvalue weighted by Crippen LogP contribution is -2.42. The van der Waals surface area contributed by atoms with Gasteiger partial charge in [0.05, 0.1) is 10.9 Å². The highest BCUT2D eigenvalue weighted by Gasteiger charge is 2.16. The fraction of sp³-hybridized carbons (Fsp3) is 0.174. The number of halogens is 1. The summed E-state index contributed by atoms with van der Waals surface area (Å²) in [5.74, 6) is -0.374. The van der Waals surface area contributed by atoms with Gasteiger partial charge < -0.3 is 5.32 Å². The first kappa shape index (κ1) is 21.1. The van der Waals surface area contributed by atoms with Crippen molar-refractivity contribution in [1.29, 1.82) is 0 Å². The van der Waals surface area contributed by atoms with E-state index in [2.05, 4.69) is 5.32 Å². The van der Waals surface area contributed by atoms with Gasteiger partial charge in [-0.05, 0) is 54.6 Å². The van der Waals surface area contributed by atoms with E-state index in [4.69, 9.17) is 11.6 Å². The van der Waals surface area contributed by atoms with Crippen LogP contribution in [0.25, 0.3) is 10.9 Å². The molecule has 0 aliphatic rings. The van der Waals surface area contributed by atoms with Crippen molar-refractivity contribution < 1.29 is 4.79 Å². The molecule has 1 N–H and O–H groups in total. The Morgan fingerprint density at radius 1 is 1.03 bits per heavy atom. The number of anilines is 1. The number of aromatic nitrogens is 2. The van der Waals surface area contributed by atoms with E-state index < -0.39 is 5.69 Å². The minimum absolute atomic E-state index is 0.218. The van der Waals surface area contributed by atoms with Crippen molar-refractivity contribution in [2.75, 3.05) is 5.32 Å². The number of nitrogens with zero attached hydrogens (tertiary/aromatic N) is 2. The summed E-state index contributed by atoms with van der Waals surface area (Å²) < 4.78 is 2.56. The fourth-order valence-electron chi connectivity index (χ4n) is 3.47. The van der Waals surface area contributed by atoms with E-state index >= 15 is 0 Å². The maximum absolute atomic E-state index is 13.2. The monoisotopic (exact) mass is 453 g/mol. The Kier molecular flexibility index (Phi) is 6.06. The van der Waals surface area contributed by atoms with Gasteiger partial charge in [0, 0.05) is 22.1 Å². The number of carbonyl (C=O) groups excluding carboxylic acids is 1. The fourth-order valence-corrected chi connectivity index (χ4v) is 4.35. The number of aryl methyl sites for hydroxylation is 1. The molecule has 4 rings (SSSR count). The molecule has 0 saturated heterocycles. The zero-order chi connectivity index (χ0) is 22.0. The first-order chi connectivity index (χ1) is 15.0. The van der Waals surface area contributed by atoms with Gasteiger partial charge >= 0.3 is 5.69 Å². The van der Waals surface area contributed by atoms with Crippen molar-refractivity contribution in [2.45, 2.75) is 26.4 Å². The van der Waals surface area contributed by atoms with Gasteiger partial charge in [-0.2, -0.15) is 0 Å². The largest absolute Gasteiger partial charge is 0.331 e. The van der Waals surface area contributed by atoms with Crippen LogP contribution in [0.5, 0.6) is 0 Å². The van der Waals surface area contributed by atoms with Gasteiger partial charge in [0.2, 0.25) is 5.91 Å². The predicted molar refractivity (Wildman–Crippen MR) is 125 cm³/mol. The second-order valence-corrected chi connectivity index (χ2v) is 8.57. The van der Waals surface area contributed by atoms with Crippen LogP contribution in [-0.4, -0.2) is 15.0 Å². The average Bonchev–Trinajstić information content (AvgIpc) is 3.28. The number of carbonyl (C=O) groups is 1. The molecule has 158 valence electrons. The van der Waals surface area contributed by atoms with E-state index in [9.17, 15) is 14.4 Å². The van der Waals surface area contributed by atoms with Crippen molar-refractivity contribution >= 4 is 45.4 Å². The molecule has 8 heteroatoms. The van der Waals surface area contributed by atoms with E-state index in [1.165, 1.54) is 9.13 Å². The molecule has 0 aliphatic heterocycles. The predicted octanol–water partition coefficient (Wildman–Crippen LogP) is 4.07. The van der Waals surface area contributed by atoms with Crippen LogP contribution in [-0.2, 0) is 24.3 Å². The first-order valence-electron chi connectivity index (χ1n) is 9.75. The van der Waals surface area contributed by atoms with Crippen molar-refractivity contribution in [2.24, 2.45) is 0 Å². The maximum atomic E-state index is 13.2. The number of hydrogen-bond acceptors (Lipinski definition) is 4. The highest BCUT2D eigenvalue weighted by atomic mass is 35.5. The highest BCUT2D eigenvalue weighted by Crippen LogP contribution is 2.23. The summed E-state index contributed by atoms with van der Waals surface area (Å²) in [5.41, 5.74) is 0.914. The lowest BCUT2D eigenvalue weighted by atomic mass is 10.2. The van der Waals surface area contributed by atoms with Crippen molar-refractivity contribution in [1.82, 2.24) is 9.13 Å². The van der Waals surface area contributed by atoms with Crippen LogP contribution in [0.3, 0.4) is 0 Å². The summed E-state index contributed by atoms with van der Waals surface area (Å²) in [7, 11) is 0. The standard InChI is InChI=1S/C23H20ClN3O3S/c1-15-18(24)8-4-9-19(15)25-21(28)14-27-20-10-3-2-7-17(20)22(29)26(23(27)30)12-11-16-6-5-13-31-16/h2-10,13H,11-12,14H2,1H3,(H,25,28). The molecular formula is C23H20ClN3O3S. The number of amides is 1. The number of benzene rings is 2. The Bertz CT molecular complexity index is 1370. The average molecular weight is 454 g/mol. The Balaban J connectivity index is 1.70. The Labute approximate surface area is 187 Å². The van der Waals surface area contributed by atoms with Gasteiger partial charge in [0.15, 0.2) is 0 Å². The normalized spacial score (nSPS) is 11.0. The van der Waals surface area contributed by atoms with Crippen LogP contribution in [0.1, 0.15) is 10.4 Å². The van der Waals surface area contributed by atoms with Crippen LogP contribution >= 0.6 is 22.9 Å². The molecule has 4 aromatic rings. The first-order valence-corrected chi connectivity index (χ1v) is 11.0. The van der Waals surface area contributed by atoms with Gasteiger partial charge in [-0.3, -0.25) is 18.7 Å². The van der Waals surface area contributed by atoms with Crippen LogP contribution in [0.4, 0.5) is 5.69 Å². The highest BCUT2D eigenvalue weighted by molar-refractivity contribution is 7.09. The minimum Gasteiger partial charge on any atom is -0.324 e. The quantitative estimate of drug-likeness (QED) is 0.478. The molecule has 2 aromatic heterocycles. The zero-order valence-electron chi connectivity index (χ0n) is 16.8. The number of para-hydroxylation sites is 1. The van der Waals surface area contributed by atoms with Gasteiger partial charge in [0.1, 0.15) is 6.54 Å². The van der Waals surface area contributed by atoms with Crippen molar-refractivity contribution in [3.63, 3.8) is 0 Å². The lowest BCUT2D eigenvalue weighted by molar-refractivity contribution is -0.116. The molecule has 0 aliphatic carbocycles. The van der Waals surface area contributed by atoms with Gasteiger partial charge in [-0.15, -0.1) is 11.3 Å². The van der Waals surface area contributed by atoms with E-state index in [0.29, 0.717) is 28.0 Å². The third-order valence-corrected chi connectivity index (χ3v) is 6.48. The number of fused-ring (bicyclic) bond motifs is 1. The third kappa shape index (κ3) is 4.33. The summed E-state index contributed by atoms with van der Waals surface area (Å²) in [6.45, 7) is 1.84. The summed E-state index contributed by atoms with van der Waals surface area (Å²) >= 11 is 7.71. The van der Waals surface area contributed by atoms with Crippen LogP contribution in [0.15, 0.2) is 69.6 Å². The smallest absolute Gasteiger partial charge is 0.324 e. The van der Waals surface area contributed by atoms with Crippen LogP contribution < -0.4 is 16.6 Å². The summed E-state index contributed by atoms with van der Waals surface area (Å²) in [4.78, 5) is 40.0. The molecule has 0 fully saturated rings. The van der Waals surface area contributed by atoms with Gasteiger partial charge in [-0.25, -0.2) is 4.79 Å². The Morgan fingerprint density at radius 3 is 2.61 bits per heavy atom. The molecule has 0 saturated carbocycles. The minimum atomic E-state index is -0.502. The van der Waals surface area contributed by atoms with Gasteiger partial charge in [-0.1, -0.05) is 35.9 Å². The Hall–Kier alpha value is -3.16. The second kappa shape index (κ2) is 8.91. The molecule has 2 aromatic carbocycles. The lowest BCUT2D eigenvalue weighted by Gasteiger charge is -2.15. The molecule has 31 heavy (non-hydrogen) atoms. The number of thiophene rings is 1. The molecule has 0 radical (unpaired) electrons. The van der Waals surface area contributed by atoms with Crippen molar-refractivity contribution in [3.05, 3.63) is 96.3 Å². The molecule has 1 amide bonds. The van der Waals surface area contributed by atoms with E-state index in [1.807, 2.05) is 24.4 Å². The topological polar surface area (TPSA) is 73.1 Å². The molecular weight excluding hydrogens is 434 g/mol. The van der Waals surface area contributed by atoms with Gasteiger partial charge in [0.25, 0.3) is 5.56 Å². The van der Waals surface area contributed by atoms with E-state index in [1.54, 1.807) is 53.8 Å². The Morgan fingerprint density at radius 2 is 1.84 bits per heavy atom. The van der Waals surface area contributed by atoms with Crippen molar-refractivity contribution in [3.8, 4) is 0 Å². The molecule has 0 unspecified atom stereocenters. The molecule has 0 atom stereocenters. The third-order valence-electron chi connectivity index (χ3n) is 5.14. The number of rotatable bonds is 6. The van der Waals surface area contributed by atoms with E-state index in [-0.39, 0.29) is 24.6 Å². The maximum Gasteiger partial charge on any atom is 0.331 e. The van der Waals surface area contributed by atoms with E-state index in [0.717, 1.165) is 10.4 Å². The molecule has 0 bridgehead atoms. The summed E-state index contributed by atoms with van der Waals surface area (Å²) in [6.07, 6.45) is 0.569. The molecule has 0 spiro atoms. The second-order valence-electron chi connectivity index (χ2n) is 7.13. The molecule has 2 heterocycles. The van der Waals surface area contributed by atoms with Crippen LogP contribution in [0, 0.1) is 6.92 Å². The SMILES string of the molecule is Cc1c(Cl)cccc1NC(=O)Cn1c(=O)n(CCc2cccs2)c(=O)c2ccccc21. The summed E-state index contributed by atoms with van der Waals surface area (Å²) in [5, 5.41) is 5.72. The molecule has 6 nitrogen and oxygen atoms in total. The zero-order valence-corrected chi connectivity index (χ0v) is 18.4. The number of hydrogen-bond donors (Lipinski definition) is 1. The van der Waals surface area contributed by atoms with Crippen LogP contribution in [0.2, 0.25) is 5.02 Å². The summed E-state index contributed by atoms with van der Waals surface area (Å²) in [6, 6.07) is 16.0.